The van der Waals surface area contributed by atoms with Crippen LogP contribution in [0.2, 0.25) is 0 Å². The molecule has 3 atom stereocenters. The summed E-state index contributed by atoms with van der Waals surface area (Å²) in [6, 6.07) is 9.64. The number of morpholine rings is 1. The van der Waals surface area contributed by atoms with E-state index in [-0.39, 0.29) is 30.3 Å². The van der Waals surface area contributed by atoms with Crippen LogP contribution < -0.4 is 20.9 Å². The second-order valence-electron chi connectivity index (χ2n) is 9.58. The van der Waals surface area contributed by atoms with Gasteiger partial charge in [-0.1, -0.05) is 35.5 Å². The van der Waals surface area contributed by atoms with Gasteiger partial charge in [-0.05, 0) is 31.0 Å². The molecule has 4 amide bonds. The first-order chi connectivity index (χ1) is 17.3. The fraction of sp³-hybridized carbons (Fsp3) is 0.360. The van der Waals surface area contributed by atoms with Gasteiger partial charge in [-0.3, -0.25) is 20.2 Å². The normalized spacial score (nSPS) is 24.8. The van der Waals surface area contributed by atoms with Gasteiger partial charge in [0.05, 0.1) is 29.3 Å². The number of fused-ring (bicyclic) bond motifs is 5. The van der Waals surface area contributed by atoms with Gasteiger partial charge in [0.25, 0.3) is 0 Å². The molecule has 4 heterocycles. The second-order valence-corrected chi connectivity index (χ2v) is 9.58. The van der Waals surface area contributed by atoms with E-state index in [1.54, 1.807) is 17.9 Å². The number of halogens is 1. The molecule has 10 nitrogen and oxygen atoms in total. The third-order valence-electron chi connectivity index (χ3n) is 7.27. The molecular weight excluding hydrogens is 469 g/mol. The van der Waals surface area contributed by atoms with Crippen LogP contribution in [0.4, 0.5) is 20.7 Å². The Balaban J connectivity index is 1.49. The summed E-state index contributed by atoms with van der Waals surface area (Å²) >= 11 is 0. The predicted molar refractivity (Wildman–Crippen MR) is 127 cm³/mol. The Bertz CT molecular complexity index is 1390. The summed E-state index contributed by atoms with van der Waals surface area (Å²) < 4.78 is 27.4. The Morgan fingerprint density at radius 3 is 2.61 bits per heavy atom. The third kappa shape index (κ3) is 3.19. The highest BCUT2D eigenvalue weighted by Crippen LogP contribution is 2.49. The zero-order valence-electron chi connectivity index (χ0n) is 19.6. The number of amides is 4. The standard InChI is InChI=1S/C25H24FN5O5/c1-12-11-31-18-15(9-25(20(31)13(2)35-12)22(32)28-24(34)29-23(25)33)8-16-19(17(18)26)36-30-21(16)27-10-14-6-4-3-5-7-14/h3-8,12-13,20H,9-11H2,1-2H3,(H,27,30)(H2,28,29,32,33,34)/t12-,13+,20-/m1/s1. The second kappa shape index (κ2) is 8.02. The molecule has 0 saturated carbocycles. The Morgan fingerprint density at radius 2 is 1.89 bits per heavy atom. The Morgan fingerprint density at radius 1 is 1.17 bits per heavy atom. The van der Waals surface area contributed by atoms with Crippen LogP contribution in [-0.4, -0.2) is 47.8 Å². The summed E-state index contributed by atoms with van der Waals surface area (Å²) in [6.45, 7) is 4.27. The average molecular weight is 493 g/mol. The topological polar surface area (TPSA) is 126 Å². The minimum atomic E-state index is -1.69. The maximum Gasteiger partial charge on any atom is 0.328 e. The first kappa shape index (κ1) is 22.5. The van der Waals surface area contributed by atoms with Crippen LogP contribution >= 0.6 is 0 Å². The summed E-state index contributed by atoms with van der Waals surface area (Å²) in [4.78, 5) is 40.2. The van der Waals surface area contributed by atoms with Crippen LogP contribution in [0.15, 0.2) is 40.9 Å². The van der Waals surface area contributed by atoms with E-state index in [2.05, 4.69) is 21.1 Å². The first-order valence-corrected chi connectivity index (χ1v) is 11.8. The molecular formula is C25H24FN5O5. The number of benzene rings is 2. The summed E-state index contributed by atoms with van der Waals surface area (Å²) in [6.07, 6.45) is -1.00. The molecule has 0 unspecified atom stereocenters. The van der Waals surface area contributed by atoms with Crippen LogP contribution in [0.25, 0.3) is 11.0 Å². The lowest BCUT2D eigenvalue weighted by Gasteiger charge is -2.55. The molecule has 3 aromatic rings. The van der Waals surface area contributed by atoms with Gasteiger partial charge in [0, 0.05) is 19.5 Å². The molecule has 1 aromatic heterocycles. The van der Waals surface area contributed by atoms with Gasteiger partial charge < -0.3 is 19.5 Å². The molecule has 0 aliphatic carbocycles. The molecule has 1 spiro atoms. The highest BCUT2D eigenvalue weighted by atomic mass is 19.1. The third-order valence-corrected chi connectivity index (χ3v) is 7.27. The number of hydrogen-bond acceptors (Lipinski definition) is 8. The fourth-order valence-electron chi connectivity index (χ4n) is 5.86. The Hall–Kier alpha value is -3.99. The number of aromatic nitrogens is 1. The van der Waals surface area contributed by atoms with Crippen molar-refractivity contribution in [2.45, 2.75) is 45.1 Å². The number of anilines is 2. The lowest BCUT2D eigenvalue weighted by Crippen LogP contribution is -2.75. The van der Waals surface area contributed by atoms with E-state index in [0.717, 1.165) is 5.56 Å². The van der Waals surface area contributed by atoms with Gasteiger partial charge in [-0.15, -0.1) is 0 Å². The van der Waals surface area contributed by atoms with Gasteiger partial charge in [-0.25, -0.2) is 9.18 Å². The van der Waals surface area contributed by atoms with Gasteiger partial charge in [0.1, 0.15) is 0 Å². The van der Waals surface area contributed by atoms with E-state index >= 15 is 4.39 Å². The van der Waals surface area contributed by atoms with Crippen molar-refractivity contribution in [3.8, 4) is 0 Å². The number of hydrogen-bond donors (Lipinski definition) is 3. The fourth-order valence-corrected chi connectivity index (χ4v) is 5.86. The average Bonchev–Trinajstić information content (AvgIpc) is 3.24. The highest BCUT2D eigenvalue weighted by molar-refractivity contribution is 6.20. The molecule has 36 heavy (non-hydrogen) atoms. The van der Waals surface area contributed by atoms with Crippen molar-refractivity contribution in [3.63, 3.8) is 0 Å². The molecule has 0 radical (unpaired) electrons. The molecule has 11 heteroatoms. The number of urea groups is 1. The smallest absolute Gasteiger partial charge is 0.328 e. The van der Waals surface area contributed by atoms with Gasteiger partial charge >= 0.3 is 6.03 Å². The first-order valence-electron chi connectivity index (χ1n) is 11.8. The lowest BCUT2D eigenvalue weighted by atomic mass is 9.66. The van der Waals surface area contributed by atoms with Crippen LogP contribution in [0.3, 0.4) is 0 Å². The number of carbonyl (C=O) groups excluding carboxylic acids is 3. The highest BCUT2D eigenvalue weighted by Gasteiger charge is 2.63. The molecule has 2 saturated heterocycles. The largest absolute Gasteiger partial charge is 0.372 e. The van der Waals surface area contributed by atoms with Gasteiger partial charge in [0.2, 0.25) is 17.4 Å². The zero-order chi connectivity index (χ0) is 25.2. The van der Waals surface area contributed by atoms with Gasteiger partial charge in [0.15, 0.2) is 17.1 Å². The Kier molecular flexibility index (Phi) is 5.01. The van der Waals surface area contributed by atoms with E-state index in [9.17, 15) is 14.4 Å². The monoisotopic (exact) mass is 493 g/mol. The quantitative estimate of drug-likeness (QED) is 0.475. The van der Waals surface area contributed by atoms with Crippen molar-refractivity contribution in [1.82, 2.24) is 15.8 Å². The molecule has 6 rings (SSSR count). The zero-order valence-corrected chi connectivity index (χ0v) is 19.6. The molecule has 3 aliphatic rings. The maximum absolute atomic E-state index is 16.1. The maximum atomic E-state index is 16.1. The van der Waals surface area contributed by atoms with Crippen LogP contribution in [0.1, 0.15) is 25.0 Å². The van der Waals surface area contributed by atoms with E-state index in [1.807, 2.05) is 37.3 Å². The number of nitrogens with zero attached hydrogens (tertiary/aromatic N) is 2. The van der Waals surface area contributed by atoms with Crippen molar-refractivity contribution in [3.05, 3.63) is 53.3 Å². The van der Waals surface area contributed by atoms with Crippen LogP contribution in [0.5, 0.6) is 0 Å². The van der Waals surface area contributed by atoms with E-state index in [1.165, 1.54) is 0 Å². The summed E-state index contributed by atoms with van der Waals surface area (Å²) in [5, 5.41) is 12.1. The van der Waals surface area contributed by atoms with Crippen molar-refractivity contribution in [1.29, 1.82) is 0 Å². The van der Waals surface area contributed by atoms with Crippen molar-refractivity contribution >= 4 is 40.3 Å². The summed E-state index contributed by atoms with van der Waals surface area (Å²) in [5.74, 6) is -1.72. The molecule has 186 valence electrons. The number of carbonyl (C=O) groups is 3. The SMILES string of the molecule is C[C@@H]1CN2c3c(cc4c(NCc5ccccc5)noc4c3F)CC3(C(=O)NC(=O)NC3=O)[C@H]2[C@H](C)O1. The number of rotatable bonds is 3. The predicted octanol–water partition coefficient (Wildman–Crippen LogP) is 2.47. The molecule has 0 bridgehead atoms. The molecule has 2 aromatic carbocycles. The Labute approximate surface area is 205 Å². The number of barbiturate groups is 1. The molecule has 3 aliphatic heterocycles. The minimum absolute atomic E-state index is 0.0152. The number of nitrogens with one attached hydrogen (secondary N) is 3. The van der Waals surface area contributed by atoms with Crippen molar-refractivity contribution in [2.24, 2.45) is 5.41 Å². The van der Waals surface area contributed by atoms with Gasteiger partial charge in [-0.2, -0.15) is 0 Å². The van der Waals surface area contributed by atoms with Crippen LogP contribution in [-0.2, 0) is 27.3 Å². The van der Waals surface area contributed by atoms with E-state index in [4.69, 9.17) is 9.26 Å². The number of imide groups is 2. The van der Waals surface area contributed by atoms with E-state index in [0.29, 0.717) is 23.3 Å². The summed E-state index contributed by atoms with van der Waals surface area (Å²) in [5.41, 5.74) is 0.00510. The summed E-state index contributed by atoms with van der Waals surface area (Å²) in [7, 11) is 0. The number of ether oxygens (including phenoxy) is 1. The minimum Gasteiger partial charge on any atom is -0.372 e. The van der Waals surface area contributed by atoms with Crippen molar-refractivity contribution in [2.75, 3.05) is 16.8 Å². The van der Waals surface area contributed by atoms with Crippen molar-refractivity contribution < 1.29 is 28.0 Å². The lowest BCUT2D eigenvalue weighted by molar-refractivity contribution is -0.153. The molecule has 3 N–H and O–H groups in total. The van der Waals surface area contributed by atoms with E-state index < -0.39 is 41.2 Å². The molecule has 2 fully saturated rings. The van der Waals surface area contributed by atoms with Crippen LogP contribution in [0, 0.1) is 11.2 Å².